The number of hydrogen-bond donors (Lipinski definition) is 0. The van der Waals surface area contributed by atoms with Crippen LogP contribution in [0.2, 0.25) is 0 Å². The van der Waals surface area contributed by atoms with E-state index in [2.05, 4.69) is 0 Å². The number of rotatable bonds is 8. The van der Waals surface area contributed by atoms with Crippen molar-refractivity contribution in [3.8, 4) is 0 Å². The Morgan fingerprint density at radius 2 is 2.08 bits per heavy atom. The van der Waals surface area contributed by atoms with Crippen molar-refractivity contribution in [3.63, 3.8) is 0 Å². The monoisotopic (exact) mass is 192 g/mol. The number of halogens is 1. The number of ketones is 1. The fraction of sp³-hybridized carbons (Fsp3) is 0.889. The van der Waals surface area contributed by atoms with Crippen molar-refractivity contribution in [3.05, 3.63) is 0 Å². The second kappa shape index (κ2) is 9.01. The minimum atomic E-state index is 0.200. The van der Waals surface area contributed by atoms with Crippen LogP contribution >= 0.6 is 11.6 Å². The second-order valence-electron chi connectivity index (χ2n) is 2.68. The first kappa shape index (κ1) is 11.9. The SMILES string of the molecule is CCOCC(=O)CCCCCCl. The Balaban J connectivity index is 3.08. The molecule has 0 heterocycles. The first-order valence-corrected chi connectivity index (χ1v) is 5.00. The maximum atomic E-state index is 11.0. The zero-order valence-electron chi connectivity index (χ0n) is 7.64. The first-order chi connectivity index (χ1) is 5.81. The number of ether oxygens (including phenoxy) is 1. The minimum Gasteiger partial charge on any atom is -0.374 e. The van der Waals surface area contributed by atoms with Gasteiger partial charge in [-0.2, -0.15) is 0 Å². The predicted octanol–water partition coefficient (Wildman–Crippen LogP) is 2.39. The Labute approximate surface area is 79.2 Å². The van der Waals surface area contributed by atoms with Gasteiger partial charge in [0.25, 0.3) is 0 Å². The van der Waals surface area contributed by atoms with E-state index in [1.807, 2.05) is 6.92 Å². The molecule has 3 heteroatoms. The van der Waals surface area contributed by atoms with E-state index in [0.29, 0.717) is 18.9 Å². The molecular weight excluding hydrogens is 176 g/mol. The average molecular weight is 193 g/mol. The summed E-state index contributed by atoms with van der Waals surface area (Å²) in [7, 11) is 0. The maximum Gasteiger partial charge on any atom is 0.158 e. The van der Waals surface area contributed by atoms with Crippen molar-refractivity contribution < 1.29 is 9.53 Å². The topological polar surface area (TPSA) is 26.3 Å². The van der Waals surface area contributed by atoms with Crippen molar-refractivity contribution in [2.75, 3.05) is 19.1 Å². The van der Waals surface area contributed by atoms with E-state index in [1.54, 1.807) is 0 Å². The predicted molar refractivity (Wildman–Crippen MR) is 50.7 cm³/mol. The van der Waals surface area contributed by atoms with Gasteiger partial charge in [0, 0.05) is 18.9 Å². The summed E-state index contributed by atoms with van der Waals surface area (Å²) in [4.78, 5) is 11.0. The van der Waals surface area contributed by atoms with E-state index in [9.17, 15) is 4.79 Å². The van der Waals surface area contributed by atoms with Crippen LogP contribution < -0.4 is 0 Å². The van der Waals surface area contributed by atoms with Gasteiger partial charge in [0.05, 0.1) is 0 Å². The second-order valence-corrected chi connectivity index (χ2v) is 3.05. The lowest BCUT2D eigenvalue weighted by Gasteiger charge is -1.99. The van der Waals surface area contributed by atoms with Crippen molar-refractivity contribution >= 4 is 17.4 Å². The summed E-state index contributed by atoms with van der Waals surface area (Å²) in [6.07, 6.45) is 3.63. The molecule has 0 fully saturated rings. The summed E-state index contributed by atoms with van der Waals surface area (Å²) >= 11 is 5.49. The molecule has 0 rings (SSSR count). The van der Waals surface area contributed by atoms with Crippen LogP contribution in [0.4, 0.5) is 0 Å². The molecule has 0 spiro atoms. The molecule has 72 valence electrons. The minimum absolute atomic E-state index is 0.200. The van der Waals surface area contributed by atoms with Gasteiger partial charge in [-0.25, -0.2) is 0 Å². The Morgan fingerprint density at radius 3 is 2.67 bits per heavy atom. The van der Waals surface area contributed by atoms with E-state index in [1.165, 1.54) is 0 Å². The lowest BCUT2D eigenvalue weighted by Crippen LogP contribution is -2.07. The van der Waals surface area contributed by atoms with Gasteiger partial charge in [0.2, 0.25) is 0 Å². The highest BCUT2D eigenvalue weighted by atomic mass is 35.5. The fourth-order valence-electron chi connectivity index (χ4n) is 0.882. The Kier molecular flexibility index (Phi) is 8.95. The number of carbonyl (C=O) groups is 1. The van der Waals surface area contributed by atoms with Gasteiger partial charge in [-0.15, -0.1) is 11.6 Å². The molecule has 0 saturated carbocycles. The number of hydrogen-bond acceptors (Lipinski definition) is 2. The van der Waals surface area contributed by atoms with Gasteiger partial charge in [-0.3, -0.25) is 4.79 Å². The average Bonchev–Trinajstić information content (AvgIpc) is 2.09. The van der Waals surface area contributed by atoms with Crippen molar-refractivity contribution in [1.29, 1.82) is 0 Å². The summed E-state index contributed by atoms with van der Waals surface area (Å²) < 4.78 is 4.98. The highest BCUT2D eigenvalue weighted by Crippen LogP contribution is 2.01. The quantitative estimate of drug-likeness (QED) is 0.436. The molecular formula is C9H17ClO2. The molecule has 0 amide bonds. The van der Waals surface area contributed by atoms with Crippen LogP contribution in [-0.2, 0) is 9.53 Å². The fourth-order valence-corrected chi connectivity index (χ4v) is 1.07. The van der Waals surface area contributed by atoms with Crippen molar-refractivity contribution in [1.82, 2.24) is 0 Å². The van der Waals surface area contributed by atoms with Crippen LogP contribution in [0, 0.1) is 0 Å². The van der Waals surface area contributed by atoms with Gasteiger partial charge >= 0.3 is 0 Å². The lowest BCUT2D eigenvalue weighted by molar-refractivity contribution is -0.123. The number of alkyl halides is 1. The standard InChI is InChI=1S/C9H17ClO2/c1-2-12-8-9(11)6-4-3-5-7-10/h2-8H2,1H3. The van der Waals surface area contributed by atoms with E-state index in [4.69, 9.17) is 16.3 Å². The molecule has 0 aliphatic heterocycles. The molecule has 0 saturated heterocycles. The number of Topliss-reactive ketones (excluding diaryl/α,β-unsaturated/α-hetero) is 1. The highest BCUT2D eigenvalue weighted by Gasteiger charge is 2.00. The molecule has 12 heavy (non-hydrogen) atoms. The third-order valence-electron chi connectivity index (χ3n) is 1.56. The van der Waals surface area contributed by atoms with Gasteiger partial charge in [-0.05, 0) is 19.8 Å². The molecule has 0 aliphatic rings. The molecule has 0 bridgehead atoms. The summed E-state index contributed by atoms with van der Waals surface area (Å²) in [6, 6.07) is 0. The van der Waals surface area contributed by atoms with Crippen LogP contribution in [0.25, 0.3) is 0 Å². The van der Waals surface area contributed by atoms with E-state index >= 15 is 0 Å². The molecule has 0 aromatic carbocycles. The van der Waals surface area contributed by atoms with Gasteiger partial charge in [-0.1, -0.05) is 6.42 Å². The molecule has 0 N–H and O–H groups in total. The molecule has 0 unspecified atom stereocenters. The number of unbranched alkanes of at least 4 members (excludes halogenated alkanes) is 2. The zero-order chi connectivity index (χ0) is 9.23. The molecule has 0 aromatic rings. The first-order valence-electron chi connectivity index (χ1n) is 4.46. The Morgan fingerprint density at radius 1 is 1.33 bits per heavy atom. The molecule has 0 atom stereocenters. The largest absolute Gasteiger partial charge is 0.374 e. The van der Waals surface area contributed by atoms with Crippen LogP contribution in [0.3, 0.4) is 0 Å². The third-order valence-corrected chi connectivity index (χ3v) is 1.82. The van der Waals surface area contributed by atoms with Gasteiger partial charge in [0.1, 0.15) is 6.61 Å². The van der Waals surface area contributed by atoms with E-state index < -0.39 is 0 Å². The van der Waals surface area contributed by atoms with Crippen LogP contribution in [-0.4, -0.2) is 24.9 Å². The van der Waals surface area contributed by atoms with Crippen LogP contribution in [0.5, 0.6) is 0 Å². The normalized spacial score (nSPS) is 10.2. The maximum absolute atomic E-state index is 11.0. The Hall–Kier alpha value is -0.0800. The summed E-state index contributed by atoms with van der Waals surface area (Å²) in [6.45, 7) is 2.78. The van der Waals surface area contributed by atoms with Crippen molar-refractivity contribution in [2.45, 2.75) is 32.6 Å². The summed E-state index contributed by atoms with van der Waals surface area (Å²) in [5.74, 6) is 0.894. The molecule has 0 radical (unpaired) electrons. The van der Waals surface area contributed by atoms with Crippen LogP contribution in [0.1, 0.15) is 32.6 Å². The molecule has 2 nitrogen and oxygen atoms in total. The van der Waals surface area contributed by atoms with E-state index in [-0.39, 0.29) is 12.4 Å². The van der Waals surface area contributed by atoms with Crippen molar-refractivity contribution in [2.24, 2.45) is 0 Å². The van der Waals surface area contributed by atoms with Gasteiger partial charge < -0.3 is 4.74 Å². The Bertz CT molecular complexity index is 115. The smallest absolute Gasteiger partial charge is 0.158 e. The summed E-state index contributed by atoms with van der Waals surface area (Å²) in [5.41, 5.74) is 0. The van der Waals surface area contributed by atoms with Gasteiger partial charge in [0.15, 0.2) is 5.78 Å². The lowest BCUT2D eigenvalue weighted by atomic mass is 10.1. The summed E-state index contributed by atoms with van der Waals surface area (Å²) in [5, 5.41) is 0. The third kappa shape index (κ3) is 8.02. The molecule has 0 aromatic heterocycles. The molecule has 0 aliphatic carbocycles. The van der Waals surface area contributed by atoms with Crippen LogP contribution in [0.15, 0.2) is 0 Å². The van der Waals surface area contributed by atoms with E-state index in [0.717, 1.165) is 19.3 Å². The highest BCUT2D eigenvalue weighted by molar-refractivity contribution is 6.17. The zero-order valence-corrected chi connectivity index (χ0v) is 8.40. The number of carbonyl (C=O) groups excluding carboxylic acids is 1.